The highest BCUT2D eigenvalue weighted by molar-refractivity contribution is 6.03. The van der Waals surface area contributed by atoms with E-state index in [1.807, 2.05) is 42.6 Å². The van der Waals surface area contributed by atoms with E-state index in [9.17, 15) is 0 Å². The number of rotatable bonds is 5. The van der Waals surface area contributed by atoms with Crippen molar-refractivity contribution in [3.8, 4) is 67.4 Å². The van der Waals surface area contributed by atoms with Gasteiger partial charge >= 0.3 is 0 Å². The maximum absolute atomic E-state index is 5.12. The lowest BCUT2D eigenvalue weighted by Gasteiger charge is -2.21. The molecule has 0 radical (unpaired) electrons. The first kappa shape index (κ1) is 29.0. The first-order chi connectivity index (χ1) is 24.0. The van der Waals surface area contributed by atoms with Crippen molar-refractivity contribution in [3.63, 3.8) is 0 Å². The minimum absolute atomic E-state index is 0.0594. The van der Waals surface area contributed by atoms with E-state index in [4.69, 9.17) is 9.97 Å². The van der Waals surface area contributed by atoms with E-state index < -0.39 is 0 Å². The molecule has 0 atom stereocenters. The fourth-order valence-electron chi connectivity index (χ4n) is 7.37. The summed E-state index contributed by atoms with van der Waals surface area (Å²) < 4.78 is 0. The van der Waals surface area contributed by atoms with Crippen LogP contribution in [0.15, 0.2) is 164 Å². The largest absolute Gasteiger partial charge is 0.256 e. The molecule has 0 saturated heterocycles. The van der Waals surface area contributed by atoms with Gasteiger partial charge in [-0.05, 0) is 74.5 Å². The zero-order chi connectivity index (χ0) is 33.0. The van der Waals surface area contributed by atoms with Gasteiger partial charge in [-0.25, -0.2) is 9.97 Å². The standard InChI is InChI=1S/C46H33N3/c1-46(2)39-24-23-35(28-38(39)44-37-16-7-6-11-30(37)22-25-40(44)46)34-14-10-15-36(27-34)43-29-42(48-45(49-43)33-12-4-3-5-13-33)32-20-18-31(19-21-32)41-17-8-9-26-47-41/h3-29H,1-2H3. The van der Waals surface area contributed by atoms with Crippen molar-refractivity contribution >= 4 is 10.8 Å². The highest BCUT2D eigenvalue weighted by atomic mass is 14.9. The van der Waals surface area contributed by atoms with Gasteiger partial charge < -0.3 is 0 Å². The van der Waals surface area contributed by atoms with E-state index in [-0.39, 0.29) is 5.41 Å². The van der Waals surface area contributed by atoms with Gasteiger partial charge in [-0.15, -0.1) is 0 Å². The quantitative estimate of drug-likeness (QED) is 0.191. The molecule has 9 rings (SSSR count). The topological polar surface area (TPSA) is 38.7 Å². The van der Waals surface area contributed by atoms with Crippen LogP contribution in [0, 0.1) is 0 Å². The molecule has 3 heteroatoms. The van der Waals surface area contributed by atoms with Crippen LogP contribution in [0.2, 0.25) is 0 Å². The number of hydrogen-bond donors (Lipinski definition) is 0. The van der Waals surface area contributed by atoms with Gasteiger partial charge in [0.25, 0.3) is 0 Å². The lowest BCUT2D eigenvalue weighted by atomic mass is 9.82. The Kier molecular flexibility index (Phi) is 6.80. The molecule has 1 aliphatic rings. The summed E-state index contributed by atoms with van der Waals surface area (Å²) in [6.45, 7) is 4.69. The predicted octanol–water partition coefficient (Wildman–Crippen LogP) is 11.7. The number of hydrogen-bond acceptors (Lipinski definition) is 3. The second-order valence-electron chi connectivity index (χ2n) is 13.3. The van der Waals surface area contributed by atoms with Crippen molar-refractivity contribution in [2.75, 3.05) is 0 Å². The molecule has 8 aromatic rings. The average Bonchev–Trinajstić information content (AvgIpc) is 3.41. The summed E-state index contributed by atoms with van der Waals surface area (Å²) in [6.07, 6.45) is 1.82. The number of aromatic nitrogens is 3. The molecule has 232 valence electrons. The Balaban J connectivity index is 1.15. The van der Waals surface area contributed by atoms with Crippen LogP contribution in [-0.4, -0.2) is 15.0 Å². The summed E-state index contributed by atoms with van der Waals surface area (Å²) in [7, 11) is 0. The molecule has 0 spiro atoms. The van der Waals surface area contributed by atoms with Crippen LogP contribution >= 0.6 is 0 Å². The minimum atomic E-state index is -0.0594. The van der Waals surface area contributed by atoms with Gasteiger partial charge in [-0.2, -0.15) is 0 Å². The summed E-state index contributed by atoms with van der Waals surface area (Å²) in [5.74, 6) is 0.704. The van der Waals surface area contributed by atoms with E-state index in [0.29, 0.717) is 5.82 Å². The van der Waals surface area contributed by atoms with E-state index >= 15 is 0 Å². The highest BCUT2D eigenvalue weighted by Crippen LogP contribution is 2.52. The minimum Gasteiger partial charge on any atom is -0.256 e. The third-order valence-electron chi connectivity index (χ3n) is 9.96. The van der Waals surface area contributed by atoms with Crippen LogP contribution in [0.5, 0.6) is 0 Å². The van der Waals surface area contributed by atoms with E-state index in [0.717, 1.165) is 44.9 Å². The molecule has 0 amide bonds. The van der Waals surface area contributed by atoms with Crippen LogP contribution in [0.3, 0.4) is 0 Å². The van der Waals surface area contributed by atoms with Crippen molar-refractivity contribution in [1.82, 2.24) is 15.0 Å². The molecule has 0 bridgehead atoms. The van der Waals surface area contributed by atoms with Gasteiger partial charge in [-0.1, -0.05) is 141 Å². The lowest BCUT2D eigenvalue weighted by Crippen LogP contribution is -2.14. The van der Waals surface area contributed by atoms with Crippen molar-refractivity contribution in [2.24, 2.45) is 0 Å². The van der Waals surface area contributed by atoms with Crippen LogP contribution in [-0.2, 0) is 5.41 Å². The number of pyridine rings is 1. The summed E-state index contributed by atoms with van der Waals surface area (Å²) in [5, 5.41) is 2.59. The normalized spacial score (nSPS) is 12.9. The van der Waals surface area contributed by atoms with Gasteiger partial charge in [0.1, 0.15) is 0 Å². The Morgan fingerprint density at radius 3 is 1.86 bits per heavy atom. The molecule has 0 fully saturated rings. The molecule has 1 aliphatic carbocycles. The van der Waals surface area contributed by atoms with Gasteiger partial charge in [0.05, 0.1) is 17.1 Å². The smallest absolute Gasteiger partial charge is 0.160 e. The van der Waals surface area contributed by atoms with Crippen molar-refractivity contribution < 1.29 is 0 Å². The molecule has 3 nitrogen and oxygen atoms in total. The Labute approximate surface area is 286 Å². The maximum atomic E-state index is 5.12. The Morgan fingerprint density at radius 1 is 0.429 bits per heavy atom. The van der Waals surface area contributed by atoms with Gasteiger partial charge in [-0.3, -0.25) is 4.98 Å². The number of benzene rings is 6. The first-order valence-electron chi connectivity index (χ1n) is 16.8. The highest BCUT2D eigenvalue weighted by Gasteiger charge is 2.36. The molecule has 2 aromatic heterocycles. The van der Waals surface area contributed by atoms with Crippen molar-refractivity contribution in [1.29, 1.82) is 0 Å². The van der Waals surface area contributed by atoms with Crippen molar-refractivity contribution in [2.45, 2.75) is 19.3 Å². The Morgan fingerprint density at radius 2 is 1.06 bits per heavy atom. The third-order valence-corrected chi connectivity index (χ3v) is 9.96. The Bertz CT molecular complexity index is 2500. The number of nitrogens with zero attached hydrogens (tertiary/aromatic N) is 3. The fraction of sp³-hybridized carbons (Fsp3) is 0.0652. The SMILES string of the molecule is CC1(C)c2ccc(-c3cccc(-c4cc(-c5ccc(-c6ccccn6)cc5)nc(-c5ccccc5)n4)c3)cc2-c2c1ccc1ccccc21. The lowest BCUT2D eigenvalue weighted by molar-refractivity contribution is 0.661. The average molecular weight is 628 g/mol. The summed E-state index contributed by atoms with van der Waals surface area (Å²) in [5.41, 5.74) is 14.6. The van der Waals surface area contributed by atoms with Crippen LogP contribution in [0.25, 0.3) is 78.2 Å². The van der Waals surface area contributed by atoms with Crippen molar-refractivity contribution in [3.05, 3.63) is 175 Å². The molecule has 0 saturated carbocycles. The zero-order valence-corrected chi connectivity index (χ0v) is 27.4. The molecular formula is C46H33N3. The van der Waals surface area contributed by atoms with Crippen LogP contribution in [0.4, 0.5) is 0 Å². The second-order valence-corrected chi connectivity index (χ2v) is 13.3. The molecule has 2 heterocycles. The van der Waals surface area contributed by atoms with E-state index in [1.54, 1.807) is 0 Å². The third kappa shape index (κ3) is 5.03. The van der Waals surface area contributed by atoms with Gasteiger partial charge in [0, 0.05) is 33.9 Å². The summed E-state index contributed by atoms with van der Waals surface area (Å²) in [4.78, 5) is 14.7. The van der Waals surface area contributed by atoms with E-state index in [1.165, 1.54) is 38.6 Å². The molecule has 0 unspecified atom stereocenters. The van der Waals surface area contributed by atoms with Crippen LogP contribution in [0.1, 0.15) is 25.0 Å². The molecule has 0 N–H and O–H groups in total. The van der Waals surface area contributed by atoms with E-state index in [2.05, 4.69) is 140 Å². The fourth-order valence-corrected chi connectivity index (χ4v) is 7.37. The molecule has 49 heavy (non-hydrogen) atoms. The van der Waals surface area contributed by atoms with Crippen LogP contribution < -0.4 is 0 Å². The number of fused-ring (bicyclic) bond motifs is 5. The summed E-state index contributed by atoms with van der Waals surface area (Å²) in [6, 6.07) is 55.8. The first-order valence-corrected chi connectivity index (χ1v) is 16.8. The Hall–Kier alpha value is -6.19. The zero-order valence-electron chi connectivity index (χ0n) is 27.4. The van der Waals surface area contributed by atoms with Gasteiger partial charge in [0.2, 0.25) is 0 Å². The molecule has 0 aliphatic heterocycles. The van der Waals surface area contributed by atoms with Gasteiger partial charge in [0.15, 0.2) is 5.82 Å². The molecular weight excluding hydrogens is 595 g/mol. The maximum Gasteiger partial charge on any atom is 0.160 e. The second kappa shape index (κ2) is 11.5. The predicted molar refractivity (Wildman–Crippen MR) is 202 cm³/mol. The monoisotopic (exact) mass is 627 g/mol. The molecule has 6 aromatic carbocycles. The summed E-state index contributed by atoms with van der Waals surface area (Å²) >= 11 is 0.